The van der Waals surface area contributed by atoms with Crippen LogP contribution >= 0.6 is 0 Å². The van der Waals surface area contributed by atoms with Gasteiger partial charge in [-0.2, -0.15) is 4.98 Å². The molecule has 1 aliphatic rings. The summed E-state index contributed by atoms with van der Waals surface area (Å²) < 4.78 is 21.0. The van der Waals surface area contributed by atoms with Crippen molar-refractivity contribution < 1.29 is 23.5 Å². The molecule has 3 rings (SSSR count). The molecule has 0 spiro atoms. The van der Waals surface area contributed by atoms with Crippen LogP contribution in [-0.4, -0.2) is 73.0 Å². The minimum atomic E-state index is -0.259. The van der Waals surface area contributed by atoms with Crippen molar-refractivity contribution in [2.45, 2.75) is 13.5 Å². The van der Waals surface area contributed by atoms with Gasteiger partial charge in [0.15, 0.2) is 11.5 Å². The fourth-order valence-electron chi connectivity index (χ4n) is 2.91. The van der Waals surface area contributed by atoms with Gasteiger partial charge in [0.05, 0.1) is 27.4 Å². The molecule has 0 aliphatic carbocycles. The number of rotatable bonds is 6. The number of aromatic nitrogens is 2. The van der Waals surface area contributed by atoms with Crippen LogP contribution in [0.25, 0.3) is 11.4 Å². The summed E-state index contributed by atoms with van der Waals surface area (Å²) in [5, 5.41) is 4.06. The number of hydrogen-bond donors (Lipinski definition) is 0. The summed E-state index contributed by atoms with van der Waals surface area (Å²) in [5.74, 6) is 2.28. The Hall–Kier alpha value is -2.81. The maximum Gasteiger partial charge on any atom is 0.409 e. The Morgan fingerprint density at radius 3 is 2.56 bits per heavy atom. The number of nitrogens with zero attached hydrogens (tertiary/aromatic N) is 4. The molecule has 9 nitrogen and oxygen atoms in total. The van der Waals surface area contributed by atoms with Crippen molar-refractivity contribution in [1.29, 1.82) is 0 Å². The van der Waals surface area contributed by atoms with Gasteiger partial charge in [-0.1, -0.05) is 5.16 Å². The molecule has 9 heteroatoms. The lowest BCUT2D eigenvalue weighted by atomic mass is 10.2. The number of ether oxygens (including phenoxy) is 3. The summed E-state index contributed by atoms with van der Waals surface area (Å²) in [6.07, 6.45) is -0.259. The predicted molar refractivity (Wildman–Crippen MR) is 96.7 cm³/mol. The number of piperazine rings is 1. The maximum absolute atomic E-state index is 11.7. The van der Waals surface area contributed by atoms with E-state index in [1.165, 1.54) is 0 Å². The monoisotopic (exact) mass is 376 g/mol. The summed E-state index contributed by atoms with van der Waals surface area (Å²) >= 11 is 0. The lowest BCUT2D eigenvalue weighted by molar-refractivity contribution is 0.0749. The normalized spacial score (nSPS) is 14.9. The summed E-state index contributed by atoms with van der Waals surface area (Å²) in [6.45, 7) is 5.43. The van der Waals surface area contributed by atoms with Crippen molar-refractivity contribution in [3.63, 3.8) is 0 Å². The molecule has 0 atom stereocenters. The lowest BCUT2D eigenvalue weighted by Gasteiger charge is -2.33. The third-order valence-electron chi connectivity index (χ3n) is 4.37. The highest BCUT2D eigenvalue weighted by molar-refractivity contribution is 5.67. The van der Waals surface area contributed by atoms with Crippen LogP contribution in [0, 0.1) is 0 Å². The molecular weight excluding hydrogens is 352 g/mol. The molecule has 146 valence electrons. The zero-order valence-electron chi connectivity index (χ0n) is 15.8. The summed E-state index contributed by atoms with van der Waals surface area (Å²) in [4.78, 5) is 20.1. The molecular formula is C18H24N4O5. The van der Waals surface area contributed by atoms with E-state index in [-0.39, 0.29) is 6.09 Å². The van der Waals surface area contributed by atoms with Crippen molar-refractivity contribution in [3.8, 4) is 22.9 Å². The molecule has 1 aromatic carbocycles. The molecule has 1 fully saturated rings. The van der Waals surface area contributed by atoms with Crippen molar-refractivity contribution in [2.24, 2.45) is 0 Å². The van der Waals surface area contributed by atoms with Crippen LogP contribution in [0.5, 0.6) is 11.5 Å². The Bertz CT molecular complexity index is 771. The van der Waals surface area contributed by atoms with E-state index in [1.54, 1.807) is 32.1 Å². The first kappa shape index (κ1) is 19.0. The minimum Gasteiger partial charge on any atom is -0.493 e. The van der Waals surface area contributed by atoms with Gasteiger partial charge in [-0.25, -0.2) is 4.79 Å². The van der Waals surface area contributed by atoms with E-state index in [0.717, 1.165) is 18.7 Å². The van der Waals surface area contributed by atoms with E-state index in [2.05, 4.69) is 15.0 Å². The third kappa shape index (κ3) is 4.48. The number of amides is 1. The Balaban J connectivity index is 1.60. The van der Waals surface area contributed by atoms with Crippen LogP contribution in [0.3, 0.4) is 0 Å². The van der Waals surface area contributed by atoms with E-state index in [0.29, 0.717) is 49.5 Å². The lowest BCUT2D eigenvalue weighted by Crippen LogP contribution is -2.48. The fraction of sp³-hybridized carbons (Fsp3) is 0.500. The summed E-state index contributed by atoms with van der Waals surface area (Å²) in [7, 11) is 3.17. The molecule has 0 unspecified atom stereocenters. The van der Waals surface area contributed by atoms with Crippen LogP contribution in [0.2, 0.25) is 0 Å². The third-order valence-corrected chi connectivity index (χ3v) is 4.37. The van der Waals surface area contributed by atoms with E-state index in [9.17, 15) is 4.79 Å². The molecule has 0 N–H and O–H groups in total. The van der Waals surface area contributed by atoms with Crippen LogP contribution in [-0.2, 0) is 11.3 Å². The largest absolute Gasteiger partial charge is 0.493 e. The van der Waals surface area contributed by atoms with Crippen molar-refractivity contribution in [1.82, 2.24) is 19.9 Å². The standard InChI is InChI=1S/C18H24N4O5/c1-4-26-18(23)22-9-7-21(8-10-22)12-16-19-17(20-27-16)13-5-6-14(24-2)15(11-13)25-3/h5-6,11H,4,7-10,12H2,1-3H3. The van der Waals surface area contributed by atoms with Crippen LogP contribution in [0.4, 0.5) is 4.79 Å². The van der Waals surface area contributed by atoms with Gasteiger partial charge >= 0.3 is 6.09 Å². The first-order valence-electron chi connectivity index (χ1n) is 8.83. The van der Waals surface area contributed by atoms with Gasteiger partial charge in [-0.3, -0.25) is 4.90 Å². The number of carbonyl (C=O) groups excluding carboxylic acids is 1. The second kappa shape index (κ2) is 8.72. The van der Waals surface area contributed by atoms with Gasteiger partial charge in [-0.15, -0.1) is 0 Å². The average molecular weight is 376 g/mol. The minimum absolute atomic E-state index is 0.259. The van der Waals surface area contributed by atoms with Gasteiger partial charge in [0.1, 0.15) is 0 Å². The first-order valence-corrected chi connectivity index (χ1v) is 8.83. The number of hydrogen-bond acceptors (Lipinski definition) is 8. The van der Waals surface area contributed by atoms with Crippen molar-refractivity contribution in [2.75, 3.05) is 47.0 Å². The van der Waals surface area contributed by atoms with Crippen molar-refractivity contribution in [3.05, 3.63) is 24.1 Å². The maximum atomic E-state index is 11.7. The van der Waals surface area contributed by atoms with E-state index < -0.39 is 0 Å². The SMILES string of the molecule is CCOC(=O)N1CCN(Cc2nc(-c3ccc(OC)c(OC)c3)no2)CC1. The second-order valence-corrected chi connectivity index (χ2v) is 6.04. The second-order valence-electron chi connectivity index (χ2n) is 6.04. The molecule has 1 aliphatic heterocycles. The Morgan fingerprint density at radius 1 is 1.15 bits per heavy atom. The average Bonchev–Trinajstić information content (AvgIpc) is 3.16. The predicted octanol–water partition coefficient (Wildman–Crippen LogP) is 2.03. The first-order chi connectivity index (χ1) is 13.1. The molecule has 0 saturated carbocycles. The van der Waals surface area contributed by atoms with Gasteiger partial charge in [0.25, 0.3) is 0 Å². The topological polar surface area (TPSA) is 90.2 Å². The zero-order valence-corrected chi connectivity index (χ0v) is 15.8. The van der Waals surface area contributed by atoms with Gasteiger partial charge in [-0.05, 0) is 25.1 Å². The van der Waals surface area contributed by atoms with Crippen LogP contribution < -0.4 is 9.47 Å². The highest BCUT2D eigenvalue weighted by Crippen LogP contribution is 2.31. The van der Waals surface area contributed by atoms with Crippen LogP contribution in [0.15, 0.2) is 22.7 Å². The van der Waals surface area contributed by atoms with E-state index >= 15 is 0 Å². The molecule has 2 heterocycles. The highest BCUT2D eigenvalue weighted by atomic mass is 16.6. The molecule has 0 bridgehead atoms. The smallest absolute Gasteiger partial charge is 0.409 e. The van der Waals surface area contributed by atoms with Gasteiger partial charge in [0.2, 0.25) is 11.7 Å². The zero-order chi connectivity index (χ0) is 19.2. The molecule has 0 radical (unpaired) electrons. The summed E-state index contributed by atoms with van der Waals surface area (Å²) in [5.41, 5.74) is 0.787. The molecule has 1 amide bonds. The van der Waals surface area contributed by atoms with E-state index in [4.69, 9.17) is 18.7 Å². The fourth-order valence-corrected chi connectivity index (χ4v) is 2.91. The molecule has 1 aromatic heterocycles. The number of methoxy groups -OCH3 is 2. The van der Waals surface area contributed by atoms with Crippen molar-refractivity contribution >= 4 is 6.09 Å². The van der Waals surface area contributed by atoms with Crippen LogP contribution in [0.1, 0.15) is 12.8 Å². The Kier molecular flexibility index (Phi) is 6.12. The quantitative estimate of drug-likeness (QED) is 0.756. The Labute approximate surface area is 157 Å². The number of carbonyl (C=O) groups is 1. The summed E-state index contributed by atoms with van der Waals surface area (Å²) in [6, 6.07) is 5.47. The number of benzene rings is 1. The highest BCUT2D eigenvalue weighted by Gasteiger charge is 2.23. The van der Waals surface area contributed by atoms with Gasteiger partial charge < -0.3 is 23.6 Å². The van der Waals surface area contributed by atoms with E-state index in [1.807, 2.05) is 12.1 Å². The van der Waals surface area contributed by atoms with Gasteiger partial charge in [0, 0.05) is 31.7 Å². The molecule has 27 heavy (non-hydrogen) atoms. The molecule has 1 saturated heterocycles. The molecule has 2 aromatic rings. The Morgan fingerprint density at radius 2 is 1.89 bits per heavy atom.